The molecule has 1 amide bonds. The number of amides is 1. The second-order valence-electron chi connectivity index (χ2n) is 9.72. The standard InChI is InChI=1S/C27H29F3N2O2/c1-32(25(33)11-8-18-5-4-6-21(15-18)34-27(28,29)30)20-10-9-19-16-24-22-7-2-3-12-26(22,13-14-31-24)23(19)17-20/h4-6,8-11,15,17,22,24,31H,2-3,7,12-14,16H2,1H3/t22-,24+,26+/m0/s1. The number of halogens is 3. The Labute approximate surface area is 197 Å². The van der Waals surface area contributed by atoms with Crippen LogP contribution in [0.5, 0.6) is 5.75 Å². The van der Waals surface area contributed by atoms with Crippen LogP contribution in [0.1, 0.15) is 48.8 Å². The molecule has 34 heavy (non-hydrogen) atoms. The summed E-state index contributed by atoms with van der Waals surface area (Å²) in [5, 5.41) is 3.74. The van der Waals surface area contributed by atoms with E-state index in [1.807, 2.05) is 6.07 Å². The Balaban J connectivity index is 1.36. The van der Waals surface area contributed by atoms with E-state index in [0.717, 1.165) is 25.1 Å². The summed E-state index contributed by atoms with van der Waals surface area (Å²) in [4.78, 5) is 14.5. The Morgan fingerprint density at radius 1 is 1.18 bits per heavy atom. The van der Waals surface area contributed by atoms with Gasteiger partial charge in [0.15, 0.2) is 0 Å². The zero-order chi connectivity index (χ0) is 23.9. The lowest BCUT2D eigenvalue weighted by atomic mass is 9.53. The minimum Gasteiger partial charge on any atom is -0.406 e. The molecular weight excluding hydrogens is 441 g/mol. The predicted octanol–water partition coefficient (Wildman–Crippen LogP) is 5.61. The van der Waals surface area contributed by atoms with Crippen molar-refractivity contribution in [3.8, 4) is 5.75 Å². The average Bonchev–Trinajstić information content (AvgIpc) is 2.81. The Bertz CT molecular complexity index is 1110. The van der Waals surface area contributed by atoms with Crippen LogP contribution in [0.15, 0.2) is 48.5 Å². The van der Waals surface area contributed by atoms with Crippen molar-refractivity contribution in [2.24, 2.45) is 5.92 Å². The molecule has 2 aromatic carbocycles. The highest BCUT2D eigenvalue weighted by atomic mass is 19.4. The largest absolute Gasteiger partial charge is 0.573 e. The molecule has 0 radical (unpaired) electrons. The van der Waals surface area contributed by atoms with Crippen molar-refractivity contribution >= 4 is 17.7 Å². The highest BCUT2D eigenvalue weighted by molar-refractivity contribution is 6.03. The quantitative estimate of drug-likeness (QED) is 0.591. The average molecular weight is 471 g/mol. The smallest absolute Gasteiger partial charge is 0.406 e. The normalized spacial score (nSPS) is 26.0. The summed E-state index contributed by atoms with van der Waals surface area (Å²) in [6.45, 7) is 1.04. The fraction of sp³-hybridized carbons (Fsp3) is 0.444. The summed E-state index contributed by atoms with van der Waals surface area (Å²) in [5.41, 5.74) is 4.30. The second kappa shape index (κ2) is 8.77. The number of carbonyl (C=O) groups is 1. The van der Waals surface area contributed by atoms with Crippen LogP contribution in [0.2, 0.25) is 0 Å². The molecule has 2 aromatic rings. The van der Waals surface area contributed by atoms with Gasteiger partial charge in [-0.15, -0.1) is 13.2 Å². The van der Waals surface area contributed by atoms with Crippen molar-refractivity contribution in [2.45, 2.75) is 56.3 Å². The number of piperidine rings is 1. The summed E-state index contributed by atoms with van der Waals surface area (Å²) >= 11 is 0. The van der Waals surface area contributed by atoms with E-state index in [-0.39, 0.29) is 17.1 Å². The van der Waals surface area contributed by atoms with Gasteiger partial charge in [0.05, 0.1) is 0 Å². The monoisotopic (exact) mass is 470 g/mol. The number of rotatable bonds is 4. The number of carbonyl (C=O) groups excluding carboxylic acids is 1. The number of hydrogen-bond acceptors (Lipinski definition) is 3. The summed E-state index contributed by atoms with van der Waals surface area (Å²) in [6.07, 6.45) is 5.32. The highest BCUT2D eigenvalue weighted by Crippen LogP contribution is 2.54. The molecule has 0 unspecified atom stereocenters. The van der Waals surface area contributed by atoms with E-state index in [2.05, 4.69) is 22.2 Å². The third-order valence-corrected chi connectivity index (χ3v) is 7.86. The number of nitrogens with one attached hydrogen (secondary N) is 1. The van der Waals surface area contributed by atoms with Gasteiger partial charge in [-0.3, -0.25) is 4.79 Å². The zero-order valence-electron chi connectivity index (χ0n) is 19.2. The van der Waals surface area contributed by atoms with E-state index in [4.69, 9.17) is 0 Å². The number of ether oxygens (including phenoxy) is 1. The van der Waals surface area contributed by atoms with Gasteiger partial charge in [-0.05, 0) is 85.2 Å². The maximum Gasteiger partial charge on any atom is 0.573 e. The van der Waals surface area contributed by atoms with Crippen LogP contribution in [-0.4, -0.2) is 31.9 Å². The van der Waals surface area contributed by atoms with E-state index in [1.165, 1.54) is 67.2 Å². The second-order valence-corrected chi connectivity index (χ2v) is 9.72. The third kappa shape index (κ3) is 4.33. The van der Waals surface area contributed by atoms with Crippen LogP contribution in [0.4, 0.5) is 18.9 Å². The molecule has 7 heteroatoms. The first kappa shape index (κ1) is 23.0. The van der Waals surface area contributed by atoms with Crippen LogP contribution in [0, 0.1) is 5.92 Å². The minimum absolute atomic E-state index is 0.205. The molecule has 180 valence electrons. The molecule has 1 saturated carbocycles. The molecule has 3 aliphatic rings. The molecule has 5 rings (SSSR count). The van der Waals surface area contributed by atoms with Crippen molar-refractivity contribution < 1.29 is 22.7 Å². The van der Waals surface area contributed by atoms with E-state index in [9.17, 15) is 18.0 Å². The lowest BCUT2D eigenvalue weighted by Crippen LogP contribution is -2.59. The zero-order valence-corrected chi connectivity index (χ0v) is 19.2. The number of hydrogen-bond donors (Lipinski definition) is 1. The van der Waals surface area contributed by atoms with Crippen LogP contribution in [-0.2, 0) is 16.6 Å². The van der Waals surface area contributed by atoms with Crippen LogP contribution < -0.4 is 15.0 Å². The van der Waals surface area contributed by atoms with Crippen molar-refractivity contribution in [3.05, 3.63) is 65.2 Å². The van der Waals surface area contributed by atoms with Crippen molar-refractivity contribution in [3.63, 3.8) is 0 Å². The van der Waals surface area contributed by atoms with E-state index < -0.39 is 6.36 Å². The van der Waals surface area contributed by atoms with Crippen LogP contribution >= 0.6 is 0 Å². The van der Waals surface area contributed by atoms with Gasteiger partial charge in [-0.2, -0.15) is 0 Å². The third-order valence-electron chi connectivity index (χ3n) is 7.86. The predicted molar refractivity (Wildman–Crippen MR) is 126 cm³/mol. The molecule has 0 spiro atoms. The van der Waals surface area contributed by atoms with Gasteiger partial charge in [-0.25, -0.2) is 0 Å². The SMILES string of the molecule is CN(C(=O)C=Cc1cccc(OC(F)(F)F)c1)c1ccc2c(c1)[C@@]13CCCC[C@H]1[C@@H](C2)NCC3. The molecule has 2 fully saturated rings. The summed E-state index contributed by atoms with van der Waals surface area (Å²) in [5.74, 6) is 0.107. The van der Waals surface area contributed by atoms with E-state index in [0.29, 0.717) is 17.5 Å². The van der Waals surface area contributed by atoms with Gasteiger partial charge in [0, 0.05) is 30.3 Å². The molecule has 1 saturated heterocycles. The van der Waals surface area contributed by atoms with Crippen molar-refractivity contribution in [2.75, 3.05) is 18.5 Å². The Hall–Kier alpha value is -2.80. The molecule has 1 aliphatic heterocycles. The fourth-order valence-corrected chi connectivity index (χ4v) is 6.34. The number of fused-ring (bicyclic) bond motifs is 1. The first-order chi connectivity index (χ1) is 16.2. The maximum atomic E-state index is 12.9. The lowest BCUT2D eigenvalue weighted by molar-refractivity contribution is -0.274. The maximum absolute atomic E-state index is 12.9. The molecule has 2 aliphatic carbocycles. The van der Waals surface area contributed by atoms with Gasteiger partial charge in [0.2, 0.25) is 0 Å². The van der Waals surface area contributed by atoms with Crippen molar-refractivity contribution in [1.82, 2.24) is 5.32 Å². The molecule has 0 aromatic heterocycles. The van der Waals surface area contributed by atoms with E-state index >= 15 is 0 Å². The van der Waals surface area contributed by atoms with Gasteiger partial charge in [0.1, 0.15) is 5.75 Å². The van der Waals surface area contributed by atoms with Crippen molar-refractivity contribution in [1.29, 1.82) is 0 Å². The number of nitrogens with zero attached hydrogens (tertiary/aromatic N) is 1. The van der Waals surface area contributed by atoms with E-state index in [1.54, 1.807) is 18.0 Å². The van der Waals surface area contributed by atoms with Crippen LogP contribution in [0.25, 0.3) is 6.08 Å². The Kier molecular flexibility index (Phi) is 5.92. The van der Waals surface area contributed by atoms with Gasteiger partial charge < -0.3 is 15.0 Å². The van der Waals surface area contributed by atoms with Gasteiger partial charge >= 0.3 is 6.36 Å². The molecule has 2 bridgehead atoms. The number of alkyl halides is 3. The Morgan fingerprint density at radius 2 is 2.03 bits per heavy atom. The summed E-state index contributed by atoms with van der Waals surface area (Å²) in [6, 6.07) is 12.5. The van der Waals surface area contributed by atoms with Crippen LogP contribution in [0.3, 0.4) is 0 Å². The number of anilines is 1. The topological polar surface area (TPSA) is 41.6 Å². The Morgan fingerprint density at radius 3 is 2.85 bits per heavy atom. The summed E-state index contributed by atoms with van der Waals surface area (Å²) < 4.78 is 41.4. The first-order valence-electron chi connectivity index (χ1n) is 11.9. The molecule has 4 nitrogen and oxygen atoms in total. The molecule has 1 heterocycles. The fourth-order valence-electron chi connectivity index (χ4n) is 6.34. The summed E-state index contributed by atoms with van der Waals surface area (Å²) in [7, 11) is 1.74. The molecular formula is C27H29F3N2O2. The molecule has 3 atom stereocenters. The first-order valence-corrected chi connectivity index (χ1v) is 11.9. The molecule has 1 N–H and O–H groups in total. The highest BCUT2D eigenvalue weighted by Gasteiger charge is 2.51. The van der Waals surface area contributed by atoms with Gasteiger partial charge in [0.25, 0.3) is 5.91 Å². The number of likely N-dealkylation sites (N-methyl/N-ethyl adjacent to an activating group) is 1. The minimum atomic E-state index is -4.75. The lowest BCUT2D eigenvalue weighted by Gasteiger charge is -2.56. The van der Waals surface area contributed by atoms with Gasteiger partial charge in [-0.1, -0.05) is 31.0 Å². The number of benzene rings is 2.